The molecule has 0 aliphatic heterocycles. The highest BCUT2D eigenvalue weighted by atomic mass is 16.6. The summed E-state index contributed by atoms with van der Waals surface area (Å²) in [6.45, 7) is 0. The number of phenolic OH excluding ortho intramolecular Hbond substituents is 1. The van der Waals surface area contributed by atoms with Crippen molar-refractivity contribution < 1.29 is 24.2 Å². The van der Waals surface area contributed by atoms with E-state index in [1.807, 2.05) is 0 Å². The van der Waals surface area contributed by atoms with Crippen molar-refractivity contribution in [3.63, 3.8) is 0 Å². The number of carbonyl (C=O) groups excluding carboxylic acids is 2. The Morgan fingerprint density at radius 1 is 0.840 bits per heavy atom. The Balaban J connectivity index is 1.75. The molecule has 130 valence electrons. The number of phenols is 1. The second-order valence-electron chi connectivity index (χ2n) is 6.07. The van der Waals surface area contributed by atoms with Crippen molar-refractivity contribution in [3.05, 3.63) is 59.7 Å². The van der Waals surface area contributed by atoms with Crippen molar-refractivity contribution in [2.45, 2.75) is 38.2 Å². The van der Waals surface area contributed by atoms with Gasteiger partial charge in [-0.25, -0.2) is 9.59 Å². The van der Waals surface area contributed by atoms with Crippen LogP contribution in [0.4, 0.5) is 0 Å². The van der Waals surface area contributed by atoms with Crippen molar-refractivity contribution in [2.75, 3.05) is 0 Å². The molecule has 0 aromatic heterocycles. The Morgan fingerprint density at radius 2 is 1.48 bits per heavy atom. The molecule has 1 fully saturated rings. The van der Waals surface area contributed by atoms with Gasteiger partial charge in [0, 0.05) is 0 Å². The molecule has 3 rings (SSSR count). The number of esters is 2. The fourth-order valence-corrected chi connectivity index (χ4v) is 2.92. The van der Waals surface area contributed by atoms with E-state index in [4.69, 9.17) is 9.47 Å². The van der Waals surface area contributed by atoms with Crippen LogP contribution in [0.1, 0.15) is 52.8 Å². The van der Waals surface area contributed by atoms with Gasteiger partial charge in [0.1, 0.15) is 28.7 Å². The van der Waals surface area contributed by atoms with E-state index < -0.39 is 11.9 Å². The van der Waals surface area contributed by atoms with Crippen LogP contribution in [0.3, 0.4) is 0 Å². The first-order valence-corrected chi connectivity index (χ1v) is 8.45. The van der Waals surface area contributed by atoms with Gasteiger partial charge in [0.2, 0.25) is 0 Å². The molecule has 1 saturated carbocycles. The highest BCUT2D eigenvalue weighted by Crippen LogP contribution is 2.26. The predicted molar refractivity (Wildman–Crippen MR) is 91.8 cm³/mol. The van der Waals surface area contributed by atoms with Gasteiger partial charge in [-0.3, -0.25) is 0 Å². The lowest BCUT2D eigenvalue weighted by Gasteiger charge is -2.22. The highest BCUT2D eigenvalue weighted by Gasteiger charge is 2.22. The Hall–Kier alpha value is -2.82. The Kier molecular flexibility index (Phi) is 5.33. The molecule has 1 N–H and O–H groups in total. The monoisotopic (exact) mass is 340 g/mol. The molecule has 0 spiro atoms. The van der Waals surface area contributed by atoms with Gasteiger partial charge in [-0.2, -0.15) is 0 Å². The van der Waals surface area contributed by atoms with Crippen LogP contribution in [0.25, 0.3) is 0 Å². The minimum atomic E-state index is -0.726. The third-order valence-corrected chi connectivity index (χ3v) is 4.26. The van der Waals surface area contributed by atoms with E-state index in [9.17, 15) is 14.7 Å². The highest BCUT2D eigenvalue weighted by molar-refractivity contribution is 5.97. The van der Waals surface area contributed by atoms with Crippen LogP contribution in [0.5, 0.6) is 11.5 Å². The Labute approximate surface area is 146 Å². The van der Waals surface area contributed by atoms with E-state index in [0.29, 0.717) is 0 Å². The van der Waals surface area contributed by atoms with E-state index in [0.717, 1.165) is 25.7 Å². The SMILES string of the molecule is O=C(Oc1ccccc1C(=O)OC1CCCCC1)c1ccccc1O. The lowest BCUT2D eigenvalue weighted by molar-refractivity contribution is 0.0208. The van der Waals surface area contributed by atoms with Crippen LogP contribution < -0.4 is 4.74 Å². The largest absolute Gasteiger partial charge is 0.507 e. The van der Waals surface area contributed by atoms with Gasteiger partial charge in [-0.1, -0.05) is 30.7 Å². The van der Waals surface area contributed by atoms with Gasteiger partial charge in [-0.15, -0.1) is 0 Å². The van der Waals surface area contributed by atoms with Crippen LogP contribution in [0, 0.1) is 0 Å². The minimum Gasteiger partial charge on any atom is -0.507 e. The summed E-state index contributed by atoms with van der Waals surface area (Å²) in [5.74, 6) is -1.27. The molecule has 0 radical (unpaired) electrons. The number of hydrogen-bond acceptors (Lipinski definition) is 5. The third kappa shape index (κ3) is 4.18. The van der Waals surface area contributed by atoms with Crippen LogP contribution in [0.15, 0.2) is 48.5 Å². The number of aromatic hydroxyl groups is 1. The molecule has 0 bridgehead atoms. The molecule has 25 heavy (non-hydrogen) atoms. The van der Waals surface area contributed by atoms with E-state index in [1.165, 1.54) is 24.6 Å². The summed E-state index contributed by atoms with van der Waals surface area (Å²) in [5.41, 5.74) is 0.245. The second kappa shape index (κ2) is 7.83. The minimum absolute atomic E-state index is 0.0398. The lowest BCUT2D eigenvalue weighted by atomic mass is 9.98. The first-order chi connectivity index (χ1) is 12.1. The van der Waals surface area contributed by atoms with Crippen molar-refractivity contribution in [1.29, 1.82) is 0 Å². The lowest BCUT2D eigenvalue weighted by Crippen LogP contribution is -2.21. The van der Waals surface area contributed by atoms with Crippen LogP contribution in [0.2, 0.25) is 0 Å². The number of benzene rings is 2. The predicted octanol–water partition coefficient (Wildman–Crippen LogP) is 4.10. The fraction of sp³-hybridized carbons (Fsp3) is 0.300. The maximum atomic E-state index is 12.5. The van der Waals surface area contributed by atoms with E-state index >= 15 is 0 Å². The molecular formula is C20H20O5. The molecule has 1 aliphatic rings. The van der Waals surface area contributed by atoms with E-state index in [1.54, 1.807) is 30.3 Å². The molecule has 2 aromatic carbocycles. The molecule has 2 aromatic rings. The van der Waals surface area contributed by atoms with E-state index in [2.05, 4.69) is 0 Å². The molecule has 0 saturated heterocycles. The molecular weight excluding hydrogens is 320 g/mol. The van der Waals surface area contributed by atoms with Crippen LogP contribution in [-0.2, 0) is 4.74 Å². The number of carbonyl (C=O) groups is 2. The topological polar surface area (TPSA) is 72.8 Å². The molecule has 1 aliphatic carbocycles. The number of para-hydroxylation sites is 2. The zero-order valence-electron chi connectivity index (χ0n) is 13.8. The van der Waals surface area contributed by atoms with Gasteiger partial charge < -0.3 is 14.6 Å². The zero-order valence-corrected chi connectivity index (χ0v) is 13.8. The van der Waals surface area contributed by atoms with Crippen molar-refractivity contribution in [3.8, 4) is 11.5 Å². The fourth-order valence-electron chi connectivity index (χ4n) is 2.92. The summed E-state index contributed by atoms with van der Waals surface area (Å²) in [5, 5.41) is 9.76. The Bertz CT molecular complexity index is 762. The molecule has 0 atom stereocenters. The van der Waals surface area contributed by atoms with Gasteiger partial charge in [0.15, 0.2) is 0 Å². The summed E-state index contributed by atoms with van der Waals surface area (Å²) in [6, 6.07) is 12.6. The molecule has 5 nitrogen and oxygen atoms in total. The first-order valence-electron chi connectivity index (χ1n) is 8.45. The average Bonchev–Trinajstić information content (AvgIpc) is 2.63. The maximum absolute atomic E-state index is 12.5. The van der Waals surface area contributed by atoms with Gasteiger partial charge in [0.25, 0.3) is 0 Å². The van der Waals surface area contributed by atoms with Gasteiger partial charge >= 0.3 is 11.9 Å². The summed E-state index contributed by atoms with van der Waals surface area (Å²) >= 11 is 0. The number of hydrogen-bond donors (Lipinski definition) is 1. The van der Waals surface area contributed by atoms with Crippen molar-refractivity contribution in [1.82, 2.24) is 0 Å². The maximum Gasteiger partial charge on any atom is 0.347 e. The quantitative estimate of drug-likeness (QED) is 0.670. The van der Waals surface area contributed by atoms with Crippen LogP contribution in [-0.4, -0.2) is 23.1 Å². The summed E-state index contributed by atoms with van der Waals surface area (Å²) < 4.78 is 10.9. The van der Waals surface area contributed by atoms with Crippen LogP contribution >= 0.6 is 0 Å². The van der Waals surface area contributed by atoms with Crippen molar-refractivity contribution in [2.24, 2.45) is 0 Å². The molecule has 0 amide bonds. The van der Waals surface area contributed by atoms with Gasteiger partial charge in [-0.05, 0) is 49.9 Å². The smallest absolute Gasteiger partial charge is 0.347 e. The number of ether oxygens (including phenoxy) is 2. The third-order valence-electron chi connectivity index (χ3n) is 4.26. The zero-order chi connectivity index (χ0) is 17.6. The normalized spacial score (nSPS) is 14.7. The van der Waals surface area contributed by atoms with Gasteiger partial charge in [0.05, 0.1) is 0 Å². The molecule has 5 heteroatoms. The number of rotatable bonds is 4. The average molecular weight is 340 g/mol. The standard InChI is InChI=1S/C20H20O5/c21-17-12-6-4-10-15(17)19(22)25-18-13-7-5-11-16(18)20(23)24-14-8-2-1-3-9-14/h4-7,10-14,21H,1-3,8-9H2. The summed E-state index contributed by atoms with van der Waals surface area (Å²) in [6.07, 6.45) is 4.94. The summed E-state index contributed by atoms with van der Waals surface area (Å²) in [4.78, 5) is 24.7. The summed E-state index contributed by atoms with van der Waals surface area (Å²) in [7, 11) is 0. The van der Waals surface area contributed by atoms with Crippen molar-refractivity contribution >= 4 is 11.9 Å². The van der Waals surface area contributed by atoms with E-state index in [-0.39, 0.29) is 28.7 Å². The molecule has 0 heterocycles. The molecule has 0 unspecified atom stereocenters. The second-order valence-corrected chi connectivity index (χ2v) is 6.07. The Morgan fingerprint density at radius 3 is 2.20 bits per heavy atom. The first kappa shape index (κ1) is 17.0.